The maximum atomic E-state index is 12.7. The van der Waals surface area contributed by atoms with Gasteiger partial charge in [-0.3, -0.25) is 4.79 Å². The van der Waals surface area contributed by atoms with Crippen LogP contribution in [-0.4, -0.2) is 37.0 Å². The van der Waals surface area contributed by atoms with Crippen molar-refractivity contribution in [3.63, 3.8) is 0 Å². The number of carbonyl (C=O) groups is 2. The van der Waals surface area contributed by atoms with Crippen molar-refractivity contribution < 1.29 is 14.3 Å². The Labute approximate surface area is 176 Å². The Morgan fingerprint density at radius 2 is 1.83 bits per heavy atom. The van der Waals surface area contributed by atoms with E-state index >= 15 is 0 Å². The smallest absolute Gasteiger partial charge is 0.321 e. The lowest BCUT2D eigenvalue weighted by Crippen LogP contribution is -2.49. The summed E-state index contributed by atoms with van der Waals surface area (Å²) in [5.74, 6) is 0.572. The van der Waals surface area contributed by atoms with Gasteiger partial charge in [0, 0.05) is 30.1 Å². The molecule has 7 heteroatoms. The lowest BCUT2D eigenvalue weighted by Gasteiger charge is -2.38. The predicted octanol–water partition coefficient (Wildman–Crippen LogP) is 4.30. The van der Waals surface area contributed by atoms with Crippen molar-refractivity contribution in [2.75, 3.05) is 25.5 Å². The summed E-state index contributed by atoms with van der Waals surface area (Å²) >= 11 is 6.02. The average molecular weight is 416 g/mol. The molecule has 2 N–H and O–H groups in total. The molecule has 0 aliphatic carbocycles. The van der Waals surface area contributed by atoms with Gasteiger partial charge in [0.25, 0.3) is 0 Å². The van der Waals surface area contributed by atoms with Gasteiger partial charge < -0.3 is 20.3 Å². The van der Waals surface area contributed by atoms with Crippen LogP contribution >= 0.6 is 11.6 Å². The van der Waals surface area contributed by atoms with Gasteiger partial charge in [-0.1, -0.05) is 48.9 Å². The van der Waals surface area contributed by atoms with E-state index in [0.29, 0.717) is 48.9 Å². The quantitative estimate of drug-likeness (QED) is 0.764. The number of amides is 3. The summed E-state index contributed by atoms with van der Waals surface area (Å²) in [5, 5.41) is 6.39. The second kappa shape index (κ2) is 9.18. The highest BCUT2D eigenvalue weighted by Crippen LogP contribution is 2.32. The third-order valence-electron chi connectivity index (χ3n) is 5.40. The van der Waals surface area contributed by atoms with Crippen molar-refractivity contribution in [1.82, 2.24) is 10.2 Å². The Kier molecular flexibility index (Phi) is 6.64. The van der Waals surface area contributed by atoms with Crippen molar-refractivity contribution in [1.29, 1.82) is 0 Å². The summed E-state index contributed by atoms with van der Waals surface area (Å²) in [6.45, 7) is 3.48. The van der Waals surface area contributed by atoms with Gasteiger partial charge in [-0.2, -0.15) is 0 Å². The molecule has 1 aliphatic rings. The predicted molar refractivity (Wildman–Crippen MR) is 114 cm³/mol. The van der Waals surface area contributed by atoms with Crippen LogP contribution in [0.15, 0.2) is 48.5 Å². The number of halogens is 1. The van der Waals surface area contributed by atoms with Crippen molar-refractivity contribution in [3.05, 3.63) is 59.1 Å². The molecule has 1 aliphatic heterocycles. The molecule has 0 aromatic heterocycles. The molecule has 3 amide bonds. The van der Waals surface area contributed by atoms with E-state index in [1.165, 1.54) is 0 Å². The minimum Gasteiger partial charge on any atom is -0.495 e. The molecule has 0 unspecified atom stereocenters. The number of nitrogens with zero attached hydrogens (tertiary/aromatic N) is 1. The first-order chi connectivity index (χ1) is 13.9. The first-order valence-corrected chi connectivity index (χ1v) is 10.0. The summed E-state index contributed by atoms with van der Waals surface area (Å²) in [7, 11) is 1.54. The van der Waals surface area contributed by atoms with Crippen molar-refractivity contribution in [2.45, 2.75) is 26.3 Å². The normalized spacial score (nSPS) is 15.5. The maximum Gasteiger partial charge on any atom is 0.321 e. The van der Waals surface area contributed by atoms with Crippen LogP contribution in [0.4, 0.5) is 10.5 Å². The standard InChI is InChI=1S/C22H26ClN3O3/c1-22(20(27)24-15-16-6-4-3-5-7-16)10-12-26(13-11-22)21(28)25-18-14-17(23)8-9-19(18)29-2/h3-9,14H,10-13,15H2,1-2H3,(H,24,27)(H,25,28). The zero-order valence-corrected chi connectivity index (χ0v) is 17.5. The second-order valence-corrected chi connectivity index (χ2v) is 7.93. The molecule has 2 aromatic carbocycles. The topological polar surface area (TPSA) is 70.7 Å². The minimum atomic E-state index is -0.487. The SMILES string of the molecule is COc1ccc(Cl)cc1NC(=O)N1CCC(C)(C(=O)NCc2ccccc2)CC1. The number of methoxy groups -OCH3 is 1. The molecular formula is C22H26ClN3O3. The summed E-state index contributed by atoms with van der Waals surface area (Å²) in [5.41, 5.74) is 1.11. The molecule has 29 heavy (non-hydrogen) atoms. The molecular weight excluding hydrogens is 390 g/mol. The van der Waals surface area contributed by atoms with Gasteiger partial charge in [0.05, 0.1) is 12.8 Å². The number of rotatable bonds is 5. The fourth-order valence-corrected chi connectivity index (χ4v) is 3.57. The Morgan fingerprint density at radius 3 is 2.48 bits per heavy atom. The van der Waals surface area contributed by atoms with Crippen molar-refractivity contribution in [3.8, 4) is 5.75 Å². The summed E-state index contributed by atoms with van der Waals surface area (Å²) in [6, 6.07) is 14.7. The van der Waals surface area contributed by atoms with Crippen molar-refractivity contribution in [2.24, 2.45) is 5.41 Å². The lowest BCUT2D eigenvalue weighted by atomic mass is 9.79. The van der Waals surface area contributed by atoms with E-state index in [4.69, 9.17) is 16.3 Å². The van der Waals surface area contributed by atoms with Crippen LogP contribution in [-0.2, 0) is 11.3 Å². The van der Waals surface area contributed by atoms with Crippen LogP contribution in [0.3, 0.4) is 0 Å². The number of likely N-dealkylation sites (tertiary alicyclic amines) is 1. The van der Waals surface area contributed by atoms with Gasteiger partial charge in [-0.05, 0) is 36.6 Å². The van der Waals surface area contributed by atoms with E-state index in [1.807, 2.05) is 37.3 Å². The summed E-state index contributed by atoms with van der Waals surface area (Å²) in [4.78, 5) is 27.1. The van der Waals surface area contributed by atoms with E-state index in [-0.39, 0.29) is 11.9 Å². The Morgan fingerprint density at radius 1 is 1.14 bits per heavy atom. The van der Waals surface area contributed by atoms with Gasteiger partial charge in [0.2, 0.25) is 5.91 Å². The first-order valence-electron chi connectivity index (χ1n) is 9.63. The number of benzene rings is 2. The Hall–Kier alpha value is -2.73. The Balaban J connectivity index is 1.54. The number of anilines is 1. The van der Waals surface area contributed by atoms with Crippen LogP contribution in [0.25, 0.3) is 0 Å². The van der Waals surface area contributed by atoms with E-state index in [2.05, 4.69) is 10.6 Å². The molecule has 0 radical (unpaired) electrons. The van der Waals surface area contributed by atoms with Crippen LogP contribution in [0.5, 0.6) is 5.75 Å². The number of carbonyl (C=O) groups excluding carboxylic acids is 2. The van der Waals surface area contributed by atoms with Crippen molar-refractivity contribution >= 4 is 29.2 Å². The molecule has 154 valence electrons. The zero-order chi connectivity index (χ0) is 20.9. The third kappa shape index (κ3) is 5.21. The molecule has 2 aromatic rings. The molecule has 3 rings (SSSR count). The molecule has 6 nitrogen and oxygen atoms in total. The van der Waals surface area contributed by atoms with Crippen LogP contribution in [0.2, 0.25) is 5.02 Å². The number of nitrogens with one attached hydrogen (secondary N) is 2. The lowest BCUT2D eigenvalue weighted by molar-refractivity contribution is -0.132. The number of urea groups is 1. The number of hydrogen-bond donors (Lipinski definition) is 2. The highest BCUT2D eigenvalue weighted by molar-refractivity contribution is 6.31. The zero-order valence-electron chi connectivity index (χ0n) is 16.7. The number of piperidine rings is 1. The molecule has 1 heterocycles. The molecule has 0 saturated carbocycles. The van der Waals surface area contributed by atoms with E-state index in [9.17, 15) is 9.59 Å². The van der Waals surface area contributed by atoms with Crippen LogP contribution in [0, 0.1) is 5.41 Å². The second-order valence-electron chi connectivity index (χ2n) is 7.49. The molecule has 1 fully saturated rings. The summed E-state index contributed by atoms with van der Waals surface area (Å²) < 4.78 is 5.27. The van der Waals surface area contributed by atoms with Gasteiger partial charge in [0.15, 0.2) is 0 Å². The van der Waals surface area contributed by atoms with Gasteiger partial charge in [-0.25, -0.2) is 4.79 Å². The highest BCUT2D eigenvalue weighted by Gasteiger charge is 2.38. The monoisotopic (exact) mass is 415 g/mol. The number of ether oxygens (including phenoxy) is 1. The average Bonchev–Trinajstić information content (AvgIpc) is 2.73. The number of hydrogen-bond acceptors (Lipinski definition) is 3. The van der Waals surface area contributed by atoms with Crippen LogP contribution < -0.4 is 15.4 Å². The third-order valence-corrected chi connectivity index (χ3v) is 5.64. The molecule has 0 bridgehead atoms. The van der Waals surface area contributed by atoms with Crippen LogP contribution in [0.1, 0.15) is 25.3 Å². The molecule has 0 spiro atoms. The molecule has 0 atom stereocenters. The summed E-state index contributed by atoms with van der Waals surface area (Å²) in [6.07, 6.45) is 1.21. The van der Waals surface area contributed by atoms with E-state index in [0.717, 1.165) is 5.56 Å². The minimum absolute atomic E-state index is 0.0259. The van der Waals surface area contributed by atoms with E-state index < -0.39 is 5.41 Å². The highest BCUT2D eigenvalue weighted by atomic mass is 35.5. The van der Waals surface area contributed by atoms with Gasteiger partial charge >= 0.3 is 6.03 Å². The first kappa shape index (κ1) is 21.0. The van der Waals surface area contributed by atoms with Gasteiger partial charge in [-0.15, -0.1) is 0 Å². The fraction of sp³-hybridized carbons (Fsp3) is 0.364. The maximum absolute atomic E-state index is 12.7. The largest absolute Gasteiger partial charge is 0.495 e. The molecule has 1 saturated heterocycles. The Bertz CT molecular complexity index is 865. The van der Waals surface area contributed by atoms with E-state index in [1.54, 1.807) is 30.2 Å². The van der Waals surface area contributed by atoms with Gasteiger partial charge in [0.1, 0.15) is 5.75 Å². The fourth-order valence-electron chi connectivity index (χ4n) is 3.39.